The molecule has 186 valence electrons. The first-order valence-electron chi connectivity index (χ1n) is 12.8. The smallest absolute Gasteiger partial charge is 0.266 e. The summed E-state index contributed by atoms with van der Waals surface area (Å²) in [6.07, 6.45) is 0.614. The number of hydrogen-bond acceptors (Lipinski definition) is 3. The molecule has 1 unspecified atom stereocenters. The lowest BCUT2D eigenvalue weighted by Crippen LogP contribution is -2.38. The molecular weight excluding hydrogens is 458 g/mol. The Bertz CT molecular complexity index is 1690. The van der Waals surface area contributed by atoms with Gasteiger partial charge in [-0.1, -0.05) is 55.5 Å². The number of fused-ring (bicyclic) bond motifs is 2. The number of carbonyl (C=O) groups is 1. The maximum atomic E-state index is 13.9. The molecule has 1 atom stereocenters. The van der Waals surface area contributed by atoms with Gasteiger partial charge in [-0.25, -0.2) is 4.98 Å². The lowest BCUT2D eigenvalue weighted by Gasteiger charge is -2.31. The first kappa shape index (κ1) is 24.4. The van der Waals surface area contributed by atoms with Crippen LogP contribution in [0.25, 0.3) is 27.4 Å². The number of rotatable bonds is 6. The van der Waals surface area contributed by atoms with Gasteiger partial charge >= 0.3 is 0 Å². The fraction of sp³-hybridized carbons (Fsp3) is 0.219. The molecule has 5 rings (SSSR count). The number of benzene rings is 4. The zero-order valence-electron chi connectivity index (χ0n) is 21.7. The molecule has 0 aliphatic heterocycles. The predicted octanol–water partition coefficient (Wildman–Crippen LogP) is 6.77. The molecule has 0 bridgehead atoms. The van der Waals surface area contributed by atoms with Crippen molar-refractivity contribution in [3.05, 3.63) is 118 Å². The molecule has 1 heterocycles. The number of aromatic nitrogens is 2. The monoisotopic (exact) mass is 489 g/mol. The first-order valence-corrected chi connectivity index (χ1v) is 12.8. The van der Waals surface area contributed by atoms with Gasteiger partial charge in [0.1, 0.15) is 5.82 Å². The minimum Gasteiger partial charge on any atom is -0.329 e. The summed E-state index contributed by atoms with van der Waals surface area (Å²) in [5.41, 5.74) is 4.14. The van der Waals surface area contributed by atoms with Gasteiger partial charge < -0.3 is 4.90 Å². The second kappa shape index (κ2) is 10.0. The topological polar surface area (TPSA) is 55.2 Å². The van der Waals surface area contributed by atoms with Crippen molar-refractivity contribution in [1.82, 2.24) is 14.5 Å². The van der Waals surface area contributed by atoms with Gasteiger partial charge in [0, 0.05) is 12.1 Å². The molecule has 1 aromatic heterocycles. The molecule has 0 aliphatic rings. The van der Waals surface area contributed by atoms with Crippen molar-refractivity contribution in [3.8, 4) is 5.69 Å². The summed E-state index contributed by atoms with van der Waals surface area (Å²) in [7, 11) is 0. The molecule has 37 heavy (non-hydrogen) atoms. The van der Waals surface area contributed by atoms with Crippen LogP contribution in [0.2, 0.25) is 0 Å². The van der Waals surface area contributed by atoms with Gasteiger partial charge in [-0.3, -0.25) is 14.2 Å². The van der Waals surface area contributed by atoms with E-state index in [0.29, 0.717) is 35.3 Å². The van der Waals surface area contributed by atoms with Crippen LogP contribution in [-0.4, -0.2) is 26.9 Å². The Morgan fingerprint density at radius 1 is 0.865 bits per heavy atom. The van der Waals surface area contributed by atoms with E-state index in [1.807, 2.05) is 111 Å². The van der Waals surface area contributed by atoms with Crippen molar-refractivity contribution in [2.24, 2.45) is 0 Å². The average Bonchev–Trinajstić information content (AvgIpc) is 2.92. The zero-order chi connectivity index (χ0) is 26.1. The van der Waals surface area contributed by atoms with E-state index in [1.54, 1.807) is 4.57 Å². The van der Waals surface area contributed by atoms with Gasteiger partial charge in [-0.05, 0) is 85.5 Å². The Balaban J connectivity index is 1.69. The van der Waals surface area contributed by atoms with Crippen molar-refractivity contribution >= 4 is 27.6 Å². The van der Waals surface area contributed by atoms with Crippen LogP contribution in [0, 0.1) is 13.8 Å². The zero-order valence-corrected chi connectivity index (χ0v) is 21.7. The number of carbonyl (C=O) groups excluding carboxylic acids is 1. The van der Waals surface area contributed by atoms with Gasteiger partial charge in [0.25, 0.3) is 11.5 Å². The van der Waals surface area contributed by atoms with Gasteiger partial charge in [0.15, 0.2) is 0 Å². The van der Waals surface area contributed by atoms with E-state index in [-0.39, 0.29) is 17.5 Å². The van der Waals surface area contributed by atoms with Crippen LogP contribution >= 0.6 is 0 Å². The Morgan fingerprint density at radius 3 is 2.32 bits per heavy atom. The van der Waals surface area contributed by atoms with Crippen molar-refractivity contribution in [2.45, 2.75) is 40.2 Å². The second-order valence-electron chi connectivity index (χ2n) is 9.47. The SMILES string of the molecule is CCC(c1nc2ccccc2c(=O)n1-c1ccc(C)c(C)c1)N(CC)C(=O)c1ccc2ccccc2c1. The summed E-state index contributed by atoms with van der Waals surface area (Å²) in [6, 6.07) is 26.9. The van der Waals surface area contributed by atoms with E-state index >= 15 is 0 Å². The van der Waals surface area contributed by atoms with Crippen LogP contribution in [0.5, 0.6) is 0 Å². The largest absolute Gasteiger partial charge is 0.329 e. The summed E-state index contributed by atoms with van der Waals surface area (Å²) in [5, 5.41) is 2.67. The third-order valence-electron chi connectivity index (χ3n) is 7.21. The van der Waals surface area contributed by atoms with Gasteiger partial charge in [-0.15, -0.1) is 0 Å². The molecule has 5 heteroatoms. The third kappa shape index (κ3) is 4.42. The molecule has 0 saturated heterocycles. The molecular formula is C32H31N3O2. The molecule has 0 spiro atoms. The predicted molar refractivity (Wildman–Crippen MR) is 151 cm³/mol. The Hall–Kier alpha value is -4.25. The highest BCUT2D eigenvalue weighted by atomic mass is 16.2. The fourth-order valence-electron chi connectivity index (χ4n) is 5.02. The molecule has 0 radical (unpaired) electrons. The molecule has 0 N–H and O–H groups in total. The van der Waals surface area contributed by atoms with Crippen LogP contribution in [-0.2, 0) is 0 Å². The van der Waals surface area contributed by atoms with Crippen molar-refractivity contribution in [3.63, 3.8) is 0 Å². The fourth-order valence-corrected chi connectivity index (χ4v) is 5.02. The van der Waals surface area contributed by atoms with Crippen LogP contribution in [0.15, 0.2) is 89.7 Å². The molecule has 5 aromatic rings. The van der Waals surface area contributed by atoms with Crippen molar-refractivity contribution in [1.29, 1.82) is 0 Å². The minimum absolute atomic E-state index is 0.0749. The van der Waals surface area contributed by atoms with Gasteiger partial charge in [-0.2, -0.15) is 0 Å². The number of aryl methyl sites for hydroxylation is 2. The summed E-state index contributed by atoms with van der Waals surface area (Å²) >= 11 is 0. The highest BCUT2D eigenvalue weighted by Gasteiger charge is 2.29. The molecule has 0 fully saturated rings. The maximum Gasteiger partial charge on any atom is 0.266 e. The normalized spacial score (nSPS) is 12.1. The van der Waals surface area contributed by atoms with E-state index in [2.05, 4.69) is 6.92 Å². The molecule has 5 nitrogen and oxygen atoms in total. The summed E-state index contributed by atoms with van der Waals surface area (Å²) < 4.78 is 1.69. The minimum atomic E-state index is -0.386. The number of para-hydroxylation sites is 1. The summed E-state index contributed by atoms with van der Waals surface area (Å²) in [6.45, 7) is 8.59. The van der Waals surface area contributed by atoms with Crippen LogP contribution in [0.3, 0.4) is 0 Å². The van der Waals surface area contributed by atoms with E-state index in [9.17, 15) is 9.59 Å². The Labute approximate surface area is 217 Å². The van der Waals surface area contributed by atoms with Crippen molar-refractivity contribution < 1.29 is 4.79 Å². The van der Waals surface area contributed by atoms with Crippen LogP contribution < -0.4 is 5.56 Å². The van der Waals surface area contributed by atoms with E-state index in [0.717, 1.165) is 27.6 Å². The first-order chi connectivity index (χ1) is 17.9. The molecule has 1 amide bonds. The van der Waals surface area contributed by atoms with E-state index < -0.39 is 0 Å². The van der Waals surface area contributed by atoms with Crippen LogP contribution in [0.4, 0.5) is 0 Å². The number of nitrogens with zero attached hydrogens (tertiary/aromatic N) is 3. The highest BCUT2D eigenvalue weighted by molar-refractivity contribution is 5.98. The quantitative estimate of drug-likeness (QED) is 0.264. The van der Waals surface area contributed by atoms with Crippen molar-refractivity contribution in [2.75, 3.05) is 6.54 Å². The average molecular weight is 490 g/mol. The Morgan fingerprint density at radius 2 is 1.59 bits per heavy atom. The second-order valence-corrected chi connectivity index (χ2v) is 9.47. The third-order valence-corrected chi connectivity index (χ3v) is 7.21. The van der Waals surface area contributed by atoms with Gasteiger partial charge in [0.05, 0.1) is 22.6 Å². The summed E-state index contributed by atoms with van der Waals surface area (Å²) in [5.74, 6) is 0.500. The Kier molecular flexibility index (Phi) is 6.62. The number of amides is 1. The highest BCUT2D eigenvalue weighted by Crippen LogP contribution is 2.28. The van der Waals surface area contributed by atoms with Gasteiger partial charge in [0.2, 0.25) is 0 Å². The van der Waals surface area contributed by atoms with E-state index in [4.69, 9.17) is 4.98 Å². The molecule has 4 aromatic carbocycles. The molecule has 0 aliphatic carbocycles. The standard InChI is InChI=1S/C32H31N3O2/c1-5-29(34(6-2)31(36)25-17-16-23-11-7-8-12-24(23)20-25)30-33-28-14-10-9-13-27(28)32(37)35(30)26-18-15-21(3)22(4)19-26/h7-20,29H,5-6H2,1-4H3. The lowest BCUT2D eigenvalue weighted by molar-refractivity contribution is 0.0672. The summed E-state index contributed by atoms with van der Waals surface area (Å²) in [4.78, 5) is 34.6. The maximum absolute atomic E-state index is 13.9. The number of hydrogen-bond donors (Lipinski definition) is 0. The molecule has 0 saturated carbocycles. The lowest BCUT2D eigenvalue weighted by atomic mass is 10.0. The van der Waals surface area contributed by atoms with E-state index in [1.165, 1.54) is 0 Å². The van der Waals surface area contributed by atoms with Crippen LogP contribution in [0.1, 0.15) is 53.6 Å².